The molecule has 3 N–H and O–H groups in total. The summed E-state index contributed by atoms with van der Waals surface area (Å²) in [6.07, 6.45) is 0. The highest BCUT2D eigenvalue weighted by Crippen LogP contribution is 2.20. The molecule has 0 bridgehead atoms. The van der Waals surface area contributed by atoms with E-state index in [-0.39, 0.29) is 0 Å². The summed E-state index contributed by atoms with van der Waals surface area (Å²) in [5, 5.41) is 10.4. The van der Waals surface area contributed by atoms with E-state index in [1.165, 1.54) is 11.1 Å². The molecule has 25 heavy (non-hydrogen) atoms. The molecule has 0 unspecified atom stereocenters. The number of hydrogen-bond acceptors (Lipinski definition) is 2. The third-order valence-corrected chi connectivity index (χ3v) is 4.26. The SMILES string of the molecule is Cc1cccc(NC(=S)Nc2ccc(Nc3ccccc3)cc2)c1C. The molecule has 0 aliphatic carbocycles. The van der Waals surface area contributed by atoms with E-state index >= 15 is 0 Å². The van der Waals surface area contributed by atoms with Crippen LogP contribution in [0.5, 0.6) is 0 Å². The number of para-hydroxylation sites is 1. The van der Waals surface area contributed by atoms with E-state index in [0.29, 0.717) is 5.11 Å². The third kappa shape index (κ3) is 4.58. The summed E-state index contributed by atoms with van der Waals surface area (Å²) < 4.78 is 0. The number of hydrogen-bond donors (Lipinski definition) is 3. The van der Waals surface area contributed by atoms with Crippen molar-refractivity contribution in [2.45, 2.75) is 13.8 Å². The van der Waals surface area contributed by atoms with Gasteiger partial charge in [0.05, 0.1) is 0 Å². The van der Waals surface area contributed by atoms with Crippen molar-refractivity contribution in [1.29, 1.82) is 0 Å². The summed E-state index contributed by atoms with van der Waals surface area (Å²) in [6.45, 7) is 4.18. The lowest BCUT2D eigenvalue weighted by atomic mass is 10.1. The van der Waals surface area contributed by atoms with Gasteiger partial charge in [-0.3, -0.25) is 0 Å². The van der Waals surface area contributed by atoms with Gasteiger partial charge in [0.25, 0.3) is 0 Å². The normalized spacial score (nSPS) is 10.2. The average molecular weight is 347 g/mol. The first-order valence-corrected chi connectivity index (χ1v) is 8.59. The molecule has 0 amide bonds. The number of anilines is 4. The molecule has 0 atom stereocenters. The van der Waals surface area contributed by atoms with Crippen molar-refractivity contribution in [3.8, 4) is 0 Å². The van der Waals surface area contributed by atoms with Crippen LogP contribution in [0.1, 0.15) is 11.1 Å². The smallest absolute Gasteiger partial charge is 0.175 e. The van der Waals surface area contributed by atoms with E-state index in [1.54, 1.807) is 0 Å². The maximum absolute atomic E-state index is 5.42. The summed E-state index contributed by atoms with van der Waals surface area (Å²) in [6, 6.07) is 24.3. The Morgan fingerprint density at radius 1 is 0.680 bits per heavy atom. The van der Waals surface area contributed by atoms with Crippen LogP contribution in [0.4, 0.5) is 22.7 Å². The molecule has 0 aliphatic heterocycles. The van der Waals surface area contributed by atoms with E-state index in [4.69, 9.17) is 12.2 Å². The predicted molar refractivity (Wildman–Crippen MR) is 112 cm³/mol. The van der Waals surface area contributed by atoms with Gasteiger partial charge in [-0.05, 0) is 79.7 Å². The minimum absolute atomic E-state index is 0.581. The Morgan fingerprint density at radius 3 is 2.04 bits per heavy atom. The van der Waals surface area contributed by atoms with Crippen molar-refractivity contribution in [3.63, 3.8) is 0 Å². The van der Waals surface area contributed by atoms with Crippen LogP contribution < -0.4 is 16.0 Å². The van der Waals surface area contributed by atoms with E-state index in [1.807, 2.05) is 66.7 Å². The van der Waals surface area contributed by atoms with Crippen molar-refractivity contribution in [3.05, 3.63) is 83.9 Å². The van der Waals surface area contributed by atoms with Crippen molar-refractivity contribution >= 4 is 40.1 Å². The van der Waals surface area contributed by atoms with Gasteiger partial charge in [-0.1, -0.05) is 30.3 Å². The highest BCUT2D eigenvalue weighted by atomic mass is 32.1. The van der Waals surface area contributed by atoms with Gasteiger partial charge in [0.1, 0.15) is 0 Å². The first kappa shape index (κ1) is 17.0. The molecule has 0 spiro atoms. The predicted octanol–water partition coefficient (Wildman–Crippen LogP) is 5.86. The Morgan fingerprint density at radius 2 is 1.32 bits per heavy atom. The lowest BCUT2D eigenvalue weighted by Gasteiger charge is -2.14. The summed E-state index contributed by atoms with van der Waals surface area (Å²) >= 11 is 5.42. The molecule has 3 rings (SSSR count). The highest BCUT2D eigenvalue weighted by Gasteiger charge is 2.03. The second kappa shape index (κ2) is 7.81. The van der Waals surface area contributed by atoms with Gasteiger partial charge in [0.2, 0.25) is 0 Å². The molecule has 3 nitrogen and oxygen atoms in total. The summed E-state index contributed by atoms with van der Waals surface area (Å²) in [4.78, 5) is 0. The van der Waals surface area contributed by atoms with Crippen LogP contribution in [-0.4, -0.2) is 5.11 Å². The minimum atomic E-state index is 0.581. The van der Waals surface area contributed by atoms with Crippen molar-refractivity contribution in [1.82, 2.24) is 0 Å². The Kier molecular flexibility index (Phi) is 5.31. The summed E-state index contributed by atoms with van der Waals surface area (Å²) in [7, 11) is 0. The van der Waals surface area contributed by atoms with E-state index in [2.05, 4.69) is 35.9 Å². The van der Waals surface area contributed by atoms with Gasteiger partial charge in [-0.2, -0.15) is 0 Å². The minimum Gasteiger partial charge on any atom is -0.356 e. The Labute approximate surface area is 154 Å². The molecule has 0 radical (unpaired) electrons. The van der Waals surface area contributed by atoms with Gasteiger partial charge >= 0.3 is 0 Å². The first-order chi connectivity index (χ1) is 12.1. The van der Waals surface area contributed by atoms with Crippen molar-refractivity contribution in [2.24, 2.45) is 0 Å². The van der Waals surface area contributed by atoms with Crippen LogP contribution in [0.3, 0.4) is 0 Å². The maximum atomic E-state index is 5.42. The topological polar surface area (TPSA) is 36.1 Å². The standard InChI is InChI=1S/C21H21N3S/c1-15-7-6-10-20(16(15)2)24-21(25)23-19-13-11-18(12-14-19)22-17-8-4-3-5-9-17/h3-14,22H,1-2H3,(H2,23,24,25). The van der Waals surface area contributed by atoms with E-state index in [9.17, 15) is 0 Å². The van der Waals surface area contributed by atoms with E-state index < -0.39 is 0 Å². The van der Waals surface area contributed by atoms with Gasteiger partial charge in [0, 0.05) is 22.7 Å². The largest absolute Gasteiger partial charge is 0.356 e. The van der Waals surface area contributed by atoms with Crippen molar-refractivity contribution in [2.75, 3.05) is 16.0 Å². The molecule has 0 saturated carbocycles. The lowest BCUT2D eigenvalue weighted by molar-refractivity contribution is 1.34. The zero-order valence-electron chi connectivity index (χ0n) is 14.3. The second-order valence-corrected chi connectivity index (χ2v) is 6.30. The highest BCUT2D eigenvalue weighted by molar-refractivity contribution is 7.80. The zero-order valence-corrected chi connectivity index (χ0v) is 15.2. The maximum Gasteiger partial charge on any atom is 0.175 e. The number of thiocarbonyl (C=S) groups is 1. The molecule has 0 saturated heterocycles. The molecule has 3 aromatic carbocycles. The monoisotopic (exact) mass is 347 g/mol. The Balaban J connectivity index is 1.61. The number of aryl methyl sites for hydroxylation is 1. The van der Waals surface area contributed by atoms with Crippen LogP contribution in [-0.2, 0) is 0 Å². The Bertz CT molecular complexity index is 858. The van der Waals surface area contributed by atoms with Crippen LogP contribution >= 0.6 is 12.2 Å². The summed E-state index contributed by atoms with van der Waals surface area (Å²) in [5.41, 5.74) is 6.51. The fourth-order valence-electron chi connectivity index (χ4n) is 2.50. The van der Waals surface area contributed by atoms with Gasteiger partial charge < -0.3 is 16.0 Å². The number of nitrogens with one attached hydrogen (secondary N) is 3. The van der Waals surface area contributed by atoms with Gasteiger partial charge in [0.15, 0.2) is 5.11 Å². The fourth-order valence-corrected chi connectivity index (χ4v) is 2.72. The molecular weight excluding hydrogens is 326 g/mol. The zero-order chi connectivity index (χ0) is 17.6. The van der Waals surface area contributed by atoms with Gasteiger partial charge in [-0.15, -0.1) is 0 Å². The molecule has 4 heteroatoms. The first-order valence-electron chi connectivity index (χ1n) is 8.18. The fraction of sp³-hybridized carbons (Fsp3) is 0.0952. The van der Waals surface area contributed by atoms with Crippen LogP contribution in [0.15, 0.2) is 72.8 Å². The Hall–Kier alpha value is -2.85. The van der Waals surface area contributed by atoms with Crippen LogP contribution in [0.2, 0.25) is 0 Å². The molecule has 3 aromatic rings. The molecule has 0 aliphatic rings. The molecular formula is C21H21N3S. The van der Waals surface area contributed by atoms with Crippen molar-refractivity contribution < 1.29 is 0 Å². The molecule has 0 heterocycles. The average Bonchev–Trinajstić information content (AvgIpc) is 2.62. The molecule has 0 fully saturated rings. The van der Waals surface area contributed by atoms with Gasteiger partial charge in [-0.25, -0.2) is 0 Å². The van der Waals surface area contributed by atoms with Crippen LogP contribution in [0.25, 0.3) is 0 Å². The summed E-state index contributed by atoms with van der Waals surface area (Å²) in [5.74, 6) is 0. The third-order valence-electron chi connectivity index (χ3n) is 4.06. The molecule has 0 aromatic heterocycles. The van der Waals surface area contributed by atoms with E-state index in [0.717, 1.165) is 22.7 Å². The van der Waals surface area contributed by atoms with Crippen LogP contribution in [0, 0.1) is 13.8 Å². The number of rotatable bonds is 4. The molecule has 126 valence electrons. The number of benzene rings is 3. The lowest BCUT2D eigenvalue weighted by Crippen LogP contribution is -2.19. The second-order valence-electron chi connectivity index (χ2n) is 5.89. The quantitative estimate of drug-likeness (QED) is 0.517.